The quantitative estimate of drug-likeness (QED) is 0.567. The summed E-state index contributed by atoms with van der Waals surface area (Å²) in [4.78, 5) is 43.4. The lowest BCUT2D eigenvalue weighted by atomic mass is 10.1. The van der Waals surface area contributed by atoms with Crippen LogP contribution in [0.25, 0.3) is 0 Å². The summed E-state index contributed by atoms with van der Waals surface area (Å²) in [6.45, 7) is -0.0116. The van der Waals surface area contributed by atoms with Crippen LogP contribution in [0.1, 0.15) is 10.4 Å². The molecule has 120 valence electrons. The lowest BCUT2D eigenvalue weighted by molar-refractivity contribution is -0.126. The fourth-order valence-electron chi connectivity index (χ4n) is 2.54. The maximum Gasteiger partial charge on any atom is 0.325 e. The number of amidine groups is 1. The van der Waals surface area contributed by atoms with Crippen LogP contribution in [0, 0.1) is 0 Å². The highest BCUT2D eigenvalue weighted by atomic mass is 79.9. The molecule has 3 amide bonds. The monoisotopic (exact) mass is 442 g/mol. The molecule has 3 rings (SSSR count). The van der Waals surface area contributed by atoms with Crippen molar-refractivity contribution < 1.29 is 14.4 Å². The summed E-state index contributed by atoms with van der Waals surface area (Å²) in [6.07, 6.45) is -0.636. The summed E-state index contributed by atoms with van der Waals surface area (Å²) >= 11 is 6.60. The summed E-state index contributed by atoms with van der Waals surface area (Å²) in [5, 5.41) is 2.27. The van der Waals surface area contributed by atoms with Crippen molar-refractivity contribution in [3.8, 4) is 0 Å². The van der Waals surface area contributed by atoms with E-state index >= 15 is 0 Å². The van der Waals surface area contributed by atoms with Crippen LogP contribution in [-0.4, -0.2) is 58.1 Å². The van der Waals surface area contributed by atoms with Crippen molar-refractivity contribution in [1.82, 2.24) is 15.1 Å². The van der Waals surface area contributed by atoms with Gasteiger partial charge in [-0.05, 0) is 28.1 Å². The molecule has 1 fully saturated rings. The highest BCUT2D eigenvalue weighted by Crippen LogP contribution is 2.26. The number of ketones is 1. The van der Waals surface area contributed by atoms with Crippen LogP contribution >= 0.6 is 31.9 Å². The summed E-state index contributed by atoms with van der Waals surface area (Å²) in [5.41, 5.74) is 0.539. The average molecular weight is 444 g/mol. The van der Waals surface area contributed by atoms with Gasteiger partial charge in [-0.3, -0.25) is 14.9 Å². The first-order valence-corrected chi connectivity index (χ1v) is 8.33. The molecule has 2 unspecified atom stereocenters. The number of imide groups is 1. The zero-order valence-corrected chi connectivity index (χ0v) is 15.2. The summed E-state index contributed by atoms with van der Waals surface area (Å²) in [6, 6.07) is 5.77. The largest absolute Gasteiger partial charge is 0.327 e. The lowest BCUT2D eigenvalue weighted by Gasteiger charge is -2.35. The van der Waals surface area contributed by atoms with E-state index in [2.05, 4.69) is 42.2 Å². The molecule has 2 aliphatic rings. The van der Waals surface area contributed by atoms with E-state index in [4.69, 9.17) is 0 Å². The molecule has 7 nitrogen and oxygen atoms in total. The Bertz CT molecular complexity index is 719. The van der Waals surface area contributed by atoms with Gasteiger partial charge in [-0.25, -0.2) is 9.79 Å². The van der Waals surface area contributed by atoms with Crippen molar-refractivity contribution in [2.24, 2.45) is 4.99 Å². The van der Waals surface area contributed by atoms with Crippen LogP contribution in [0.2, 0.25) is 0 Å². The van der Waals surface area contributed by atoms with Crippen LogP contribution in [0.15, 0.2) is 33.7 Å². The number of halogens is 2. The van der Waals surface area contributed by atoms with Crippen molar-refractivity contribution in [3.63, 3.8) is 0 Å². The molecule has 2 aliphatic heterocycles. The van der Waals surface area contributed by atoms with Crippen LogP contribution in [0.3, 0.4) is 0 Å². The molecule has 9 heteroatoms. The number of carbonyl (C=O) groups excluding carboxylic acids is 3. The number of rotatable bonds is 3. The van der Waals surface area contributed by atoms with Gasteiger partial charge in [0.2, 0.25) is 0 Å². The van der Waals surface area contributed by atoms with E-state index in [1.807, 2.05) is 0 Å². The third kappa shape index (κ3) is 2.90. The minimum atomic E-state index is -0.716. The van der Waals surface area contributed by atoms with Crippen molar-refractivity contribution in [2.75, 3.05) is 13.6 Å². The van der Waals surface area contributed by atoms with Crippen molar-refractivity contribution in [2.45, 2.75) is 12.2 Å². The fourth-order valence-corrected chi connectivity index (χ4v) is 3.36. The Morgan fingerprint density at radius 2 is 1.91 bits per heavy atom. The SMILES string of the molecule is CN1C(=O)NC(=O)C2C1N=C(Br)N2CC(=O)c1ccc(Br)cc1. The molecular formula is C14H12Br2N4O3. The highest BCUT2D eigenvalue weighted by Gasteiger charge is 2.48. The number of carbonyl (C=O) groups is 3. The number of likely N-dealkylation sites (N-methyl/N-ethyl adjacent to an activating group) is 1. The van der Waals surface area contributed by atoms with Gasteiger partial charge >= 0.3 is 6.03 Å². The Morgan fingerprint density at radius 1 is 1.26 bits per heavy atom. The van der Waals surface area contributed by atoms with Gasteiger partial charge in [0.15, 0.2) is 22.7 Å². The minimum Gasteiger partial charge on any atom is -0.327 e. The van der Waals surface area contributed by atoms with Crippen LogP contribution < -0.4 is 5.32 Å². The Hall–Kier alpha value is -1.74. The molecule has 1 N–H and O–H groups in total. The van der Waals surface area contributed by atoms with Crippen LogP contribution in [-0.2, 0) is 4.79 Å². The van der Waals surface area contributed by atoms with Gasteiger partial charge in [0.1, 0.15) is 0 Å². The van der Waals surface area contributed by atoms with Gasteiger partial charge in [-0.2, -0.15) is 0 Å². The van der Waals surface area contributed by atoms with Gasteiger partial charge in [-0.15, -0.1) is 0 Å². The number of Topliss-reactive ketones (excluding diaryl/α,β-unsaturated/α-hetero) is 1. The third-order valence-corrected chi connectivity index (χ3v) is 4.98. The maximum absolute atomic E-state index is 12.4. The first kappa shape index (κ1) is 16.1. The number of amides is 3. The Morgan fingerprint density at radius 3 is 2.57 bits per heavy atom. The molecule has 2 heterocycles. The summed E-state index contributed by atoms with van der Waals surface area (Å²) < 4.78 is 1.26. The Balaban J connectivity index is 1.81. The second-order valence-corrected chi connectivity index (χ2v) is 6.84. The molecule has 23 heavy (non-hydrogen) atoms. The molecular weight excluding hydrogens is 432 g/mol. The molecule has 0 aliphatic carbocycles. The molecule has 2 atom stereocenters. The lowest BCUT2D eigenvalue weighted by Crippen LogP contribution is -2.63. The van der Waals surface area contributed by atoms with Gasteiger partial charge in [0.05, 0.1) is 6.54 Å². The van der Waals surface area contributed by atoms with E-state index in [9.17, 15) is 14.4 Å². The average Bonchev–Trinajstić information content (AvgIpc) is 2.83. The number of hydrogen-bond donors (Lipinski definition) is 1. The summed E-state index contributed by atoms with van der Waals surface area (Å²) in [5.74, 6) is -0.599. The van der Waals surface area contributed by atoms with E-state index in [1.165, 1.54) is 4.90 Å². The first-order chi connectivity index (χ1) is 10.9. The normalized spacial score (nSPS) is 23.5. The Kier molecular flexibility index (Phi) is 4.24. The molecule has 1 saturated heterocycles. The predicted octanol–water partition coefficient (Wildman–Crippen LogP) is 1.57. The van der Waals surface area contributed by atoms with Crippen LogP contribution in [0.5, 0.6) is 0 Å². The maximum atomic E-state index is 12.4. The first-order valence-electron chi connectivity index (χ1n) is 6.75. The third-order valence-electron chi connectivity index (χ3n) is 3.79. The zero-order chi connectivity index (χ0) is 16.7. The van der Waals surface area contributed by atoms with E-state index in [-0.39, 0.29) is 12.3 Å². The van der Waals surface area contributed by atoms with Crippen molar-refractivity contribution in [1.29, 1.82) is 0 Å². The fraction of sp³-hybridized carbons (Fsp3) is 0.286. The topological polar surface area (TPSA) is 82.1 Å². The standard InChI is InChI=1S/C14H12Br2N4O3/c1-19-11-10(12(22)18-14(19)23)20(13(16)17-11)6-9(21)7-2-4-8(15)5-3-7/h2-5,10-11H,6H2,1H3,(H,18,22,23). The van der Waals surface area contributed by atoms with E-state index in [0.717, 1.165) is 4.47 Å². The van der Waals surface area contributed by atoms with Crippen molar-refractivity contribution in [3.05, 3.63) is 34.3 Å². The van der Waals surface area contributed by atoms with E-state index in [1.54, 1.807) is 36.2 Å². The second kappa shape index (κ2) is 6.04. The molecule has 0 bridgehead atoms. The number of urea groups is 1. The second-order valence-electron chi connectivity index (χ2n) is 5.22. The number of fused-ring (bicyclic) bond motifs is 1. The van der Waals surface area contributed by atoms with E-state index in [0.29, 0.717) is 10.3 Å². The summed E-state index contributed by atoms with van der Waals surface area (Å²) in [7, 11) is 1.56. The zero-order valence-electron chi connectivity index (χ0n) is 12.0. The number of nitrogens with one attached hydrogen (secondary N) is 1. The molecule has 1 aromatic carbocycles. The van der Waals surface area contributed by atoms with Gasteiger partial charge in [0.25, 0.3) is 5.91 Å². The predicted molar refractivity (Wildman–Crippen MR) is 90.4 cm³/mol. The number of aliphatic imine (C=N–C) groups is 1. The highest BCUT2D eigenvalue weighted by molar-refractivity contribution is 9.18. The number of benzene rings is 1. The molecule has 0 saturated carbocycles. The molecule has 1 aromatic rings. The number of nitrogens with zero attached hydrogens (tertiary/aromatic N) is 3. The van der Waals surface area contributed by atoms with Gasteiger partial charge in [0, 0.05) is 17.1 Å². The Labute approximate surface area is 149 Å². The minimum absolute atomic E-state index is 0.0116. The van der Waals surface area contributed by atoms with Gasteiger partial charge in [-0.1, -0.05) is 28.1 Å². The number of hydrogen-bond acceptors (Lipinski definition) is 5. The molecule has 0 radical (unpaired) electrons. The molecule has 0 aromatic heterocycles. The van der Waals surface area contributed by atoms with Crippen molar-refractivity contribution >= 4 is 54.3 Å². The van der Waals surface area contributed by atoms with Crippen LogP contribution in [0.4, 0.5) is 4.79 Å². The molecule has 0 spiro atoms. The van der Waals surface area contributed by atoms with E-state index < -0.39 is 24.1 Å². The smallest absolute Gasteiger partial charge is 0.325 e. The van der Waals surface area contributed by atoms with Gasteiger partial charge < -0.3 is 9.80 Å².